The molecular weight excluding hydrogens is 110 g/mol. The molecule has 1 aliphatic heterocycles. The number of nitrogens with zero attached hydrogens (tertiary/aromatic N) is 1. The Kier molecular flexibility index (Phi) is 2.12. The molecule has 2 atom stereocenters. The highest BCUT2D eigenvalue weighted by atomic mass is 15.1. The van der Waals surface area contributed by atoms with Crippen LogP contribution in [0, 0.1) is 11.8 Å². The van der Waals surface area contributed by atoms with Crippen LogP contribution in [-0.2, 0) is 0 Å². The Morgan fingerprint density at radius 1 is 1.22 bits per heavy atom. The fraction of sp³-hybridized carbons (Fsp3) is 1.00. The number of likely N-dealkylation sites (tertiary alicyclic amines) is 1. The van der Waals surface area contributed by atoms with E-state index in [9.17, 15) is 0 Å². The summed E-state index contributed by atoms with van der Waals surface area (Å²) in [6.07, 6.45) is 1.39. The summed E-state index contributed by atoms with van der Waals surface area (Å²) in [6.45, 7) is 7.30. The van der Waals surface area contributed by atoms with E-state index in [1.165, 1.54) is 19.5 Å². The average molecular weight is 127 g/mol. The maximum absolute atomic E-state index is 2.42. The summed E-state index contributed by atoms with van der Waals surface area (Å²) in [6, 6.07) is 0. The third kappa shape index (κ3) is 1.68. The largest absolute Gasteiger partial charge is 0.306 e. The second-order valence-electron chi connectivity index (χ2n) is 3.51. The summed E-state index contributed by atoms with van der Waals surface area (Å²) in [7, 11) is 2.21. The lowest BCUT2D eigenvalue weighted by atomic mass is 9.89. The van der Waals surface area contributed by atoms with Crippen molar-refractivity contribution in [1.82, 2.24) is 4.90 Å². The van der Waals surface area contributed by atoms with E-state index in [1.807, 2.05) is 0 Å². The van der Waals surface area contributed by atoms with Crippen LogP contribution >= 0.6 is 0 Å². The summed E-state index contributed by atoms with van der Waals surface area (Å²) >= 11 is 0. The standard InChI is InChI=1S/C8H17N/c1-7-4-5-9(3)6-8(7)2/h7-8H,4-6H2,1-3H3/t7-,8?/m1/s1. The van der Waals surface area contributed by atoms with Crippen molar-refractivity contribution in [1.29, 1.82) is 0 Å². The SMILES string of the molecule is CC1CN(C)CC[C@H]1C. The average Bonchev–Trinajstić information content (AvgIpc) is 1.80. The first-order valence-corrected chi connectivity index (χ1v) is 3.88. The van der Waals surface area contributed by atoms with Gasteiger partial charge in [-0.15, -0.1) is 0 Å². The highest BCUT2D eigenvalue weighted by Gasteiger charge is 2.19. The van der Waals surface area contributed by atoms with Crippen LogP contribution in [-0.4, -0.2) is 25.0 Å². The molecule has 1 unspecified atom stereocenters. The predicted molar refractivity (Wildman–Crippen MR) is 40.4 cm³/mol. The first-order valence-electron chi connectivity index (χ1n) is 3.88. The zero-order valence-electron chi connectivity index (χ0n) is 6.72. The van der Waals surface area contributed by atoms with Crippen molar-refractivity contribution in [3.05, 3.63) is 0 Å². The molecular formula is C8H17N. The summed E-state index contributed by atoms with van der Waals surface area (Å²) in [5, 5.41) is 0. The number of hydrogen-bond donors (Lipinski definition) is 0. The second kappa shape index (κ2) is 2.70. The van der Waals surface area contributed by atoms with Crippen molar-refractivity contribution >= 4 is 0 Å². The van der Waals surface area contributed by atoms with Gasteiger partial charge in [0, 0.05) is 6.54 Å². The van der Waals surface area contributed by atoms with Gasteiger partial charge in [0.15, 0.2) is 0 Å². The Balaban J connectivity index is 2.35. The smallest absolute Gasteiger partial charge is 0.000652 e. The molecule has 0 bridgehead atoms. The number of rotatable bonds is 0. The molecule has 1 heteroatoms. The monoisotopic (exact) mass is 127 g/mol. The van der Waals surface area contributed by atoms with E-state index in [1.54, 1.807) is 0 Å². The predicted octanol–water partition coefficient (Wildman–Crippen LogP) is 1.59. The fourth-order valence-electron chi connectivity index (χ4n) is 1.47. The maximum Gasteiger partial charge on any atom is 0.000652 e. The minimum Gasteiger partial charge on any atom is -0.306 e. The van der Waals surface area contributed by atoms with Crippen LogP contribution in [0.4, 0.5) is 0 Å². The van der Waals surface area contributed by atoms with E-state index in [2.05, 4.69) is 25.8 Å². The van der Waals surface area contributed by atoms with Crippen LogP contribution in [0.2, 0.25) is 0 Å². The molecule has 1 rings (SSSR count). The van der Waals surface area contributed by atoms with Gasteiger partial charge in [0.2, 0.25) is 0 Å². The molecule has 1 saturated heterocycles. The van der Waals surface area contributed by atoms with Crippen LogP contribution in [0.15, 0.2) is 0 Å². The van der Waals surface area contributed by atoms with Gasteiger partial charge in [-0.05, 0) is 31.8 Å². The van der Waals surface area contributed by atoms with Crippen molar-refractivity contribution in [2.24, 2.45) is 11.8 Å². The van der Waals surface area contributed by atoms with Gasteiger partial charge in [-0.2, -0.15) is 0 Å². The normalized spacial score (nSPS) is 39.0. The van der Waals surface area contributed by atoms with Crippen molar-refractivity contribution in [2.75, 3.05) is 20.1 Å². The molecule has 1 heterocycles. The molecule has 0 N–H and O–H groups in total. The molecule has 0 amide bonds. The minimum absolute atomic E-state index is 0.906. The van der Waals surface area contributed by atoms with Crippen molar-refractivity contribution < 1.29 is 0 Å². The van der Waals surface area contributed by atoms with Crippen LogP contribution in [0.1, 0.15) is 20.3 Å². The molecule has 0 aromatic rings. The Morgan fingerprint density at radius 2 is 1.89 bits per heavy atom. The zero-order valence-corrected chi connectivity index (χ0v) is 6.72. The Hall–Kier alpha value is -0.0400. The van der Waals surface area contributed by atoms with Gasteiger partial charge in [0.25, 0.3) is 0 Å². The van der Waals surface area contributed by atoms with Crippen LogP contribution in [0.5, 0.6) is 0 Å². The lowest BCUT2D eigenvalue weighted by Gasteiger charge is -2.32. The molecule has 0 aromatic carbocycles. The van der Waals surface area contributed by atoms with Gasteiger partial charge in [-0.1, -0.05) is 13.8 Å². The van der Waals surface area contributed by atoms with Crippen molar-refractivity contribution in [2.45, 2.75) is 20.3 Å². The first-order chi connectivity index (χ1) is 4.20. The molecule has 0 saturated carbocycles. The minimum atomic E-state index is 0.906. The highest BCUT2D eigenvalue weighted by molar-refractivity contribution is 4.72. The van der Waals surface area contributed by atoms with E-state index in [-0.39, 0.29) is 0 Å². The zero-order chi connectivity index (χ0) is 6.85. The summed E-state index contributed by atoms with van der Waals surface area (Å²) in [5.74, 6) is 1.85. The van der Waals surface area contributed by atoms with Crippen molar-refractivity contribution in [3.8, 4) is 0 Å². The van der Waals surface area contributed by atoms with E-state index < -0.39 is 0 Å². The Morgan fingerprint density at radius 3 is 2.33 bits per heavy atom. The van der Waals surface area contributed by atoms with E-state index in [4.69, 9.17) is 0 Å². The molecule has 1 nitrogen and oxygen atoms in total. The Bertz CT molecular complexity index is 90.6. The Labute approximate surface area is 58.0 Å². The highest BCUT2D eigenvalue weighted by Crippen LogP contribution is 2.20. The summed E-state index contributed by atoms with van der Waals surface area (Å²) < 4.78 is 0. The van der Waals surface area contributed by atoms with E-state index >= 15 is 0 Å². The third-order valence-corrected chi connectivity index (χ3v) is 2.54. The number of piperidine rings is 1. The molecule has 9 heavy (non-hydrogen) atoms. The molecule has 0 spiro atoms. The van der Waals surface area contributed by atoms with Crippen LogP contribution in [0.25, 0.3) is 0 Å². The van der Waals surface area contributed by atoms with E-state index in [0.717, 1.165) is 11.8 Å². The lowest BCUT2D eigenvalue weighted by molar-refractivity contribution is 0.166. The second-order valence-corrected chi connectivity index (χ2v) is 3.51. The molecule has 1 fully saturated rings. The van der Waals surface area contributed by atoms with Crippen molar-refractivity contribution in [3.63, 3.8) is 0 Å². The van der Waals surface area contributed by atoms with Gasteiger partial charge in [-0.25, -0.2) is 0 Å². The fourth-order valence-corrected chi connectivity index (χ4v) is 1.47. The van der Waals surface area contributed by atoms with Gasteiger partial charge in [0.1, 0.15) is 0 Å². The third-order valence-electron chi connectivity index (χ3n) is 2.54. The van der Waals surface area contributed by atoms with Gasteiger partial charge < -0.3 is 4.90 Å². The van der Waals surface area contributed by atoms with E-state index in [0.29, 0.717) is 0 Å². The van der Waals surface area contributed by atoms with Crippen LogP contribution < -0.4 is 0 Å². The quantitative estimate of drug-likeness (QED) is 0.477. The van der Waals surface area contributed by atoms with Gasteiger partial charge in [0.05, 0.1) is 0 Å². The number of hydrogen-bond acceptors (Lipinski definition) is 1. The van der Waals surface area contributed by atoms with Gasteiger partial charge >= 0.3 is 0 Å². The molecule has 0 aliphatic carbocycles. The first kappa shape index (κ1) is 7.07. The molecule has 1 aliphatic rings. The maximum atomic E-state index is 2.42. The van der Waals surface area contributed by atoms with Gasteiger partial charge in [-0.3, -0.25) is 0 Å². The molecule has 54 valence electrons. The molecule has 0 radical (unpaired) electrons. The molecule has 0 aromatic heterocycles. The summed E-state index contributed by atoms with van der Waals surface area (Å²) in [5.41, 5.74) is 0. The summed E-state index contributed by atoms with van der Waals surface area (Å²) in [4.78, 5) is 2.42. The topological polar surface area (TPSA) is 3.24 Å². The van der Waals surface area contributed by atoms with Crippen LogP contribution in [0.3, 0.4) is 0 Å². The lowest BCUT2D eigenvalue weighted by Crippen LogP contribution is -2.35.